The zero-order valence-corrected chi connectivity index (χ0v) is 88.2. The van der Waals surface area contributed by atoms with Crippen LogP contribution in [0.3, 0.4) is 0 Å². The van der Waals surface area contributed by atoms with E-state index in [9.17, 15) is 56.4 Å². The number of imide groups is 1. The molecule has 5 aliphatic rings. The molecule has 5 saturated heterocycles. The second kappa shape index (κ2) is 52.8. The van der Waals surface area contributed by atoms with Gasteiger partial charge in [-0.15, -0.1) is 0 Å². The van der Waals surface area contributed by atoms with E-state index in [1.807, 2.05) is 60.7 Å². The van der Waals surface area contributed by atoms with E-state index in [1.54, 1.807) is 60.7 Å². The van der Waals surface area contributed by atoms with Crippen molar-refractivity contribution in [3.8, 4) is 0 Å². The number of nitrogens with two attached hydrogens (primary N) is 5. The van der Waals surface area contributed by atoms with E-state index in [0.717, 1.165) is 151 Å². The maximum atomic E-state index is 11.9. The van der Waals surface area contributed by atoms with E-state index in [4.69, 9.17) is 47.4 Å². The molecule has 2 aromatic carbocycles. The Bertz CT molecular complexity index is 5320. The van der Waals surface area contributed by atoms with Crippen LogP contribution in [0.4, 0.5) is 33.9 Å². The van der Waals surface area contributed by atoms with Crippen LogP contribution in [0.1, 0.15) is 235 Å². The van der Waals surface area contributed by atoms with Crippen LogP contribution in [-0.4, -0.2) is 204 Å². The number of carbonyl (C=O) groups excluding carboxylic acids is 10. The zero-order chi connectivity index (χ0) is 101. The highest BCUT2D eigenvalue weighted by molar-refractivity contribution is 9.11. The van der Waals surface area contributed by atoms with Gasteiger partial charge in [-0.2, -0.15) is 8.42 Å². The number of esters is 1. The standard InChI is InChI=1S/C23H29BrN4O3.C17H23BrN4O3.C16H23BrN4O2.C16H24BrN3O4S.C15H22BrN3O2.C9H10O2/c1-23(2)13-17(14-28(23)21-18(20(25)29)10-11-19(24)27-21)9-6-12-26-22(30)31-15-16-7-4-3-5-8-16;1-17(2)8-12(4-3-7-21(10-23)11-24)9-22(17)16-13(15(19)25)5-6-14(18)20-16;1-16(2)8-11(4-3-7-19-10-22)9-21(16)15-12(14(18)23)5-6-13(17)20-15;1-16(2)9-11(5-4-8-24-25(3,22)23)10-20(16)15-12(14(18)21)6-7-13(17)19-15;1-15(2)8-10(4-3-7-20)9-19(15)14-11(13(17)21)5-6-12(16)18-14;1-8(10)11-7-9-5-3-2-4-6-9/h3-5,7-8,10-11,17H,6,9,12-15H2,1-2H3,(H2,25,29)(H,26,30);5-6,10-12H,3-4,7-9H2,1-2H3,(H2,19,25);5-6,10-11H,3-4,7-9H2,1-2H3,(H2,18,23)(H,19,22);6-7,11H,4-5,8-10H2,1-3H3,(H2,18,21);5-6,10,20H,3-4,7-9H2,1-2H3,(H2,17,21);2-6H,7H2,1H3/t17-;12-;2*11-;10-;/m00000./s1. The highest BCUT2D eigenvalue weighted by Crippen LogP contribution is 2.45. The van der Waals surface area contributed by atoms with E-state index >= 15 is 0 Å². The Labute approximate surface area is 840 Å². The van der Waals surface area contributed by atoms with Crippen molar-refractivity contribution in [1.29, 1.82) is 0 Å². The minimum atomic E-state index is -3.39. The predicted molar refractivity (Wildman–Crippen MR) is 543 cm³/mol. The van der Waals surface area contributed by atoms with E-state index in [-0.39, 0.29) is 53.5 Å². The molecule has 10 heterocycles. The van der Waals surface area contributed by atoms with Gasteiger partial charge in [-0.3, -0.25) is 52.2 Å². The van der Waals surface area contributed by atoms with E-state index < -0.39 is 45.7 Å². The maximum absolute atomic E-state index is 11.9. The number of amides is 9. The molecule has 7 aromatic rings. The molecule has 13 N–H and O–H groups in total. The summed E-state index contributed by atoms with van der Waals surface area (Å²) in [6, 6.07) is 36.3. The molecule has 0 spiro atoms. The van der Waals surface area contributed by atoms with Gasteiger partial charge < -0.3 is 78.4 Å². The van der Waals surface area contributed by atoms with Gasteiger partial charge in [0.25, 0.3) is 39.7 Å². The van der Waals surface area contributed by atoms with Gasteiger partial charge >= 0.3 is 12.1 Å². The van der Waals surface area contributed by atoms with Gasteiger partial charge in [-0.25, -0.2) is 29.7 Å². The molecule has 0 radical (unpaired) electrons. The van der Waals surface area contributed by atoms with Gasteiger partial charge in [-0.1, -0.05) is 60.7 Å². The number of primary amides is 5. The van der Waals surface area contributed by atoms with E-state index in [2.05, 4.69) is 209 Å². The molecule has 136 heavy (non-hydrogen) atoms. The topological polar surface area (TPSA) is 491 Å². The number of halogens is 5. The number of aliphatic hydroxyl groups is 1. The molecule has 5 aromatic heterocycles. The van der Waals surface area contributed by atoms with Crippen LogP contribution >= 0.6 is 79.6 Å². The Kier molecular flexibility index (Phi) is 43.9. The molecule has 0 aliphatic carbocycles. The van der Waals surface area contributed by atoms with Gasteiger partial charge in [0.15, 0.2) is 0 Å². The molecule has 0 bridgehead atoms. The summed E-state index contributed by atoms with van der Waals surface area (Å²) >= 11 is 16.8. The van der Waals surface area contributed by atoms with Crippen molar-refractivity contribution in [2.45, 2.75) is 213 Å². The smallest absolute Gasteiger partial charge is 0.407 e. The fraction of sp³-hybridized carbons (Fsp3) is 0.510. The monoisotopic (exact) mass is 2220 g/mol. The maximum Gasteiger partial charge on any atom is 0.407 e. The van der Waals surface area contributed by atoms with Gasteiger partial charge in [0.1, 0.15) is 65.3 Å². The van der Waals surface area contributed by atoms with E-state index in [0.29, 0.717) is 155 Å². The van der Waals surface area contributed by atoms with Crippen molar-refractivity contribution < 1.29 is 75.1 Å². The minimum Gasteiger partial charge on any atom is -0.461 e. The van der Waals surface area contributed by atoms with Crippen molar-refractivity contribution in [3.63, 3.8) is 0 Å². The molecule has 5 aliphatic heterocycles. The minimum absolute atomic E-state index is 0.0852. The third kappa shape index (κ3) is 35.2. The van der Waals surface area contributed by atoms with Gasteiger partial charge in [-0.05, 0) is 347 Å². The number of hydrogen-bond acceptors (Lipinski definition) is 26. The first-order valence-electron chi connectivity index (χ1n) is 45.1. The van der Waals surface area contributed by atoms with Crippen molar-refractivity contribution in [3.05, 3.63) is 183 Å². The highest BCUT2D eigenvalue weighted by Gasteiger charge is 2.46. The van der Waals surface area contributed by atoms with Crippen LogP contribution in [0, 0.1) is 29.6 Å². The van der Waals surface area contributed by atoms with Crippen LogP contribution < -0.4 is 63.8 Å². The summed E-state index contributed by atoms with van der Waals surface area (Å²) in [5.74, 6) is 2.62. The summed E-state index contributed by atoms with van der Waals surface area (Å²) in [7, 11) is -3.39. The van der Waals surface area contributed by atoms with Gasteiger partial charge in [0.2, 0.25) is 19.2 Å². The van der Waals surface area contributed by atoms with Crippen LogP contribution in [0.2, 0.25) is 0 Å². The van der Waals surface area contributed by atoms with Crippen molar-refractivity contribution in [2.75, 3.05) is 96.3 Å². The summed E-state index contributed by atoms with van der Waals surface area (Å²) in [6.45, 7) is 29.4. The first-order chi connectivity index (χ1) is 64.0. The van der Waals surface area contributed by atoms with Crippen LogP contribution in [0.15, 0.2) is 144 Å². The average Bonchev–Trinajstić information content (AvgIpc) is 1.66. The lowest BCUT2D eigenvalue weighted by molar-refractivity contribution is -0.142. The molecule has 5 atom stereocenters. The lowest BCUT2D eigenvalue weighted by atomic mass is 9.93. The van der Waals surface area contributed by atoms with Crippen molar-refractivity contribution in [1.82, 2.24) is 40.5 Å². The number of ether oxygens (including phenoxy) is 2. The van der Waals surface area contributed by atoms with Crippen molar-refractivity contribution in [2.24, 2.45) is 58.3 Å². The van der Waals surface area contributed by atoms with Crippen molar-refractivity contribution >= 4 is 180 Å². The first-order valence-corrected chi connectivity index (χ1v) is 50.9. The molecular weight excluding hydrogens is 2090 g/mol. The molecular formula is C96H131Br5N18O16S. The number of nitrogens with one attached hydrogen (secondary N) is 2. The third-order valence-corrected chi connectivity index (χ3v) is 27.1. The molecule has 742 valence electrons. The zero-order valence-electron chi connectivity index (χ0n) is 79.4. The summed E-state index contributed by atoms with van der Waals surface area (Å²) in [4.78, 5) is 147. The molecule has 0 unspecified atom stereocenters. The number of carbonyl (C=O) groups is 10. The average molecular weight is 2220 g/mol. The summed E-state index contributed by atoms with van der Waals surface area (Å²) < 4.78 is 40.2. The molecule has 40 heteroatoms. The first kappa shape index (κ1) is 113. The SMILES string of the molecule is CC(=O)OCc1ccccc1.CC1(C)C[C@H](CCCN(C=O)C=O)CN1c1nc(Br)ccc1C(N)=O.CC1(C)C[C@H](CCCNC(=O)OCc2ccccc2)CN1c1nc(Br)ccc1C(N)=O.CC1(C)C[C@H](CCCNC=O)CN1c1nc(Br)ccc1C(N)=O.CC1(C)C[C@H](CCCO)CN1c1nc(Br)ccc1C(N)=O.CC1(C)C[C@H](CCCOS(C)(=O)=O)CN1c1nc(Br)ccc1C(N)=O. The molecule has 9 amide bonds. The molecule has 0 saturated carbocycles. The summed E-state index contributed by atoms with van der Waals surface area (Å²) in [5.41, 5.74) is 31.0. The number of alkyl carbamates (subject to hydrolysis) is 1. The predicted octanol–water partition coefficient (Wildman–Crippen LogP) is 14.6. The van der Waals surface area contributed by atoms with Gasteiger partial charge in [0, 0.05) is 93.6 Å². The second-order valence-electron chi connectivity index (χ2n) is 37.5. The second-order valence-corrected chi connectivity index (χ2v) is 43.3. The van der Waals surface area contributed by atoms with Gasteiger partial charge in [0.05, 0.1) is 40.7 Å². The fourth-order valence-electron chi connectivity index (χ4n) is 18.2. The number of rotatable bonds is 37. The highest BCUT2D eigenvalue weighted by atomic mass is 79.9. The number of benzene rings is 2. The number of pyridine rings is 5. The van der Waals surface area contributed by atoms with Crippen LogP contribution in [0.5, 0.6) is 0 Å². The number of nitrogens with zero attached hydrogens (tertiary/aromatic N) is 11. The Hall–Kier alpha value is -9.84. The summed E-state index contributed by atoms with van der Waals surface area (Å²) in [6.07, 6.45) is 16.0. The van der Waals surface area contributed by atoms with Crippen LogP contribution in [0.25, 0.3) is 0 Å². The molecule has 12 rings (SSSR count). The number of hydrogen-bond donors (Lipinski definition) is 8. The lowest BCUT2D eigenvalue weighted by Crippen LogP contribution is -2.40. The van der Waals surface area contributed by atoms with E-state index in [1.165, 1.54) is 6.92 Å². The Balaban J connectivity index is 0.000000226. The lowest BCUT2D eigenvalue weighted by Gasteiger charge is -2.33. The van der Waals surface area contributed by atoms with Crippen LogP contribution in [-0.2, 0) is 56.2 Å². The summed E-state index contributed by atoms with van der Waals surface area (Å²) in [5, 5.41) is 14.5. The molecule has 5 fully saturated rings. The third-order valence-electron chi connectivity index (χ3n) is 24.3. The molecule has 34 nitrogen and oxygen atoms in total. The Morgan fingerprint density at radius 2 is 0.706 bits per heavy atom. The number of anilines is 5. The Morgan fingerprint density at radius 3 is 0.978 bits per heavy atom. The quantitative estimate of drug-likeness (QED) is 0.00589. The largest absolute Gasteiger partial charge is 0.461 e. The number of aromatic nitrogens is 5. The normalized spacial score (nSPS) is 18.4. The number of aliphatic hydroxyl groups excluding tert-OH is 1. The fourth-order valence-corrected chi connectivity index (χ4v) is 20.1. The Morgan fingerprint density at radius 1 is 0.426 bits per heavy atom.